The van der Waals surface area contributed by atoms with Crippen LogP contribution in [0.15, 0.2) is 0 Å². The summed E-state index contributed by atoms with van der Waals surface area (Å²) >= 11 is 3.27. The van der Waals surface area contributed by atoms with Gasteiger partial charge >= 0.3 is 0 Å². The Morgan fingerprint density at radius 3 is 2.62 bits per heavy atom. The van der Waals surface area contributed by atoms with Gasteiger partial charge in [0.15, 0.2) is 0 Å². The largest absolute Gasteiger partial charge is 0.314 e. The Bertz CT molecular complexity index is 37.4. The van der Waals surface area contributed by atoms with Gasteiger partial charge in [-0.05, 0) is 13.0 Å². The Morgan fingerprint density at radius 2 is 2.12 bits per heavy atom. The van der Waals surface area contributed by atoms with Gasteiger partial charge in [-0.3, -0.25) is 0 Å². The van der Waals surface area contributed by atoms with Gasteiger partial charge in [0.25, 0.3) is 0 Å². The molecule has 0 fully saturated rings. The zero-order valence-corrected chi connectivity index (χ0v) is 6.38. The quantitative estimate of drug-likeness (QED) is 0.502. The van der Waals surface area contributed by atoms with Crippen LogP contribution in [-0.4, -0.2) is 25.1 Å². The van der Waals surface area contributed by atoms with Crippen LogP contribution >= 0.6 is 15.9 Å². The third-order valence-corrected chi connectivity index (χ3v) is 1.32. The van der Waals surface area contributed by atoms with E-state index in [0.717, 1.165) is 18.3 Å². The van der Waals surface area contributed by atoms with Crippen molar-refractivity contribution in [1.82, 2.24) is 5.32 Å². The van der Waals surface area contributed by atoms with E-state index in [1.54, 1.807) is 0 Å². The second-order valence-corrected chi connectivity index (χ2v) is 2.27. The summed E-state index contributed by atoms with van der Waals surface area (Å²) in [6.07, 6.45) is 1.07. The van der Waals surface area contributed by atoms with Gasteiger partial charge in [0.2, 0.25) is 0 Å². The summed E-state index contributed by atoms with van der Waals surface area (Å²) in [5.74, 6) is 0. The molecule has 0 radical (unpaired) electrons. The second-order valence-electron chi connectivity index (χ2n) is 1.48. The minimum Gasteiger partial charge on any atom is -0.314 e. The summed E-state index contributed by atoms with van der Waals surface area (Å²) in [6.45, 7) is 1.14. The van der Waals surface area contributed by atoms with Crippen molar-refractivity contribution in [2.24, 2.45) is 0 Å². The zero-order chi connectivity index (χ0) is 6.24. The molecule has 1 N–H and O–H groups in total. The Labute approximate surface area is 57.8 Å². The number of nitrogens with one attached hydrogen (secondary N) is 1. The highest BCUT2D eigenvalue weighted by Crippen LogP contribution is 1.83. The van der Waals surface area contributed by atoms with Gasteiger partial charge in [-0.15, -0.1) is 0 Å². The van der Waals surface area contributed by atoms with Gasteiger partial charge in [0, 0.05) is 11.9 Å². The first-order valence-corrected chi connectivity index (χ1v) is 3.86. The lowest BCUT2D eigenvalue weighted by atomic mass is 10.5. The highest BCUT2D eigenvalue weighted by Gasteiger charge is 1.82. The van der Waals surface area contributed by atoms with Gasteiger partial charge in [-0.25, -0.2) is 4.39 Å². The van der Waals surface area contributed by atoms with Crippen LogP contribution in [0.2, 0.25) is 0 Å². The van der Waals surface area contributed by atoms with E-state index in [9.17, 15) is 4.39 Å². The van der Waals surface area contributed by atoms with Crippen LogP contribution in [0.5, 0.6) is 0 Å². The Balaban J connectivity index is 2.53. The molecule has 8 heavy (non-hydrogen) atoms. The lowest BCUT2D eigenvalue weighted by Crippen LogP contribution is -2.17. The molecule has 50 valence electrons. The molecule has 0 saturated heterocycles. The van der Waals surface area contributed by atoms with Crippen LogP contribution in [0, 0.1) is 0 Å². The molecule has 0 amide bonds. The third-order valence-electron chi connectivity index (χ3n) is 0.758. The van der Waals surface area contributed by atoms with Crippen LogP contribution in [0.3, 0.4) is 0 Å². The van der Waals surface area contributed by atoms with E-state index in [-0.39, 0.29) is 6.67 Å². The minimum absolute atomic E-state index is 0.262. The number of alkyl halides is 2. The molecular weight excluding hydrogens is 173 g/mol. The van der Waals surface area contributed by atoms with Gasteiger partial charge in [-0.1, -0.05) is 15.9 Å². The van der Waals surface area contributed by atoms with Gasteiger partial charge in [0.1, 0.15) is 6.67 Å². The molecule has 0 bridgehead atoms. The monoisotopic (exact) mass is 183 g/mol. The van der Waals surface area contributed by atoms with E-state index >= 15 is 0 Å². The number of halogens is 2. The fourth-order valence-corrected chi connectivity index (χ4v) is 0.664. The maximum atomic E-state index is 11.3. The SMILES string of the molecule is FCCNCCCBr. The van der Waals surface area contributed by atoms with Crippen LogP contribution in [0.4, 0.5) is 4.39 Å². The Morgan fingerprint density at radius 1 is 1.38 bits per heavy atom. The fourth-order valence-electron chi connectivity index (χ4n) is 0.384. The highest BCUT2D eigenvalue weighted by molar-refractivity contribution is 9.09. The maximum absolute atomic E-state index is 11.3. The summed E-state index contributed by atoms with van der Waals surface area (Å²) in [4.78, 5) is 0. The van der Waals surface area contributed by atoms with Gasteiger partial charge < -0.3 is 5.32 Å². The second kappa shape index (κ2) is 7.37. The summed E-state index contributed by atoms with van der Waals surface area (Å²) < 4.78 is 11.3. The fraction of sp³-hybridized carbons (Fsp3) is 1.00. The van der Waals surface area contributed by atoms with Crippen molar-refractivity contribution in [2.45, 2.75) is 6.42 Å². The first-order chi connectivity index (χ1) is 3.91. The molecule has 0 aromatic carbocycles. The van der Waals surface area contributed by atoms with E-state index in [1.165, 1.54) is 0 Å². The average Bonchev–Trinajstić information content (AvgIpc) is 1.81. The van der Waals surface area contributed by atoms with Crippen LogP contribution in [0.1, 0.15) is 6.42 Å². The molecular formula is C5H11BrFN. The average molecular weight is 184 g/mol. The third kappa shape index (κ3) is 6.37. The molecule has 3 heteroatoms. The molecule has 0 aliphatic heterocycles. The molecule has 0 rings (SSSR count). The van der Waals surface area contributed by atoms with Crippen LogP contribution < -0.4 is 5.32 Å². The van der Waals surface area contributed by atoms with Gasteiger partial charge in [-0.2, -0.15) is 0 Å². The zero-order valence-electron chi connectivity index (χ0n) is 4.79. The normalized spacial score (nSPS) is 9.75. The van der Waals surface area contributed by atoms with E-state index in [2.05, 4.69) is 21.2 Å². The van der Waals surface area contributed by atoms with E-state index in [1.807, 2.05) is 0 Å². The molecule has 0 unspecified atom stereocenters. The Kier molecular flexibility index (Phi) is 7.71. The minimum atomic E-state index is -0.262. The number of hydrogen-bond donors (Lipinski definition) is 1. The summed E-state index contributed by atoms with van der Waals surface area (Å²) in [5.41, 5.74) is 0. The molecule has 0 aliphatic carbocycles. The van der Waals surface area contributed by atoms with Crippen LogP contribution in [-0.2, 0) is 0 Å². The molecule has 0 aromatic rings. The molecule has 0 saturated carbocycles. The molecule has 0 atom stereocenters. The topological polar surface area (TPSA) is 12.0 Å². The number of hydrogen-bond acceptors (Lipinski definition) is 1. The van der Waals surface area contributed by atoms with Crippen molar-refractivity contribution in [3.63, 3.8) is 0 Å². The van der Waals surface area contributed by atoms with Gasteiger partial charge in [0.05, 0.1) is 0 Å². The van der Waals surface area contributed by atoms with Crippen molar-refractivity contribution >= 4 is 15.9 Å². The summed E-state index contributed by atoms with van der Waals surface area (Å²) in [5, 5.41) is 3.92. The predicted octanol–water partition coefficient (Wildman–Crippen LogP) is 1.33. The smallest absolute Gasteiger partial charge is 0.102 e. The maximum Gasteiger partial charge on any atom is 0.102 e. The molecule has 0 aliphatic rings. The van der Waals surface area contributed by atoms with Crippen molar-refractivity contribution in [2.75, 3.05) is 25.1 Å². The molecule has 0 aromatic heterocycles. The number of rotatable bonds is 5. The highest BCUT2D eigenvalue weighted by atomic mass is 79.9. The first kappa shape index (κ1) is 8.37. The van der Waals surface area contributed by atoms with Crippen molar-refractivity contribution in [1.29, 1.82) is 0 Å². The molecule has 0 spiro atoms. The first-order valence-electron chi connectivity index (χ1n) is 2.74. The predicted molar refractivity (Wildman–Crippen MR) is 37.3 cm³/mol. The summed E-state index contributed by atoms with van der Waals surface area (Å²) in [7, 11) is 0. The molecule has 1 nitrogen and oxygen atoms in total. The van der Waals surface area contributed by atoms with E-state index < -0.39 is 0 Å². The Hall–Kier alpha value is 0.370. The van der Waals surface area contributed by atoms with Crippen molar-refractivity contribution in [3.05, 3.63) is 0 Å². The standard InChI is InChI=1S/C5H11BrFN/c6-2-1-4-8-5-3-7/h8H,1-5H2. The summed E-state index contributed by atoms with van der Waals surface area (Å²) in [6, 6.07) is 0. The molecule has 0 heterocycles. The lowest BCUT2D eigenvalue weighted by molar-refractivity contribution is 0.467. The van der Waals surface area contributed by atoms with Crippen LogP contribution in [0.25, 0.3) is 0 Å². The lowest BCUT2D eigenvalue weighted by Gasteiger charge is -1.96. The van der Waals surface area contributed by atoms with E-state index in [4.69, 9.17) is 0 Å². The van der Waals surface area contributed by atoms with Crippen molar-refractivity contribution in [3.8, 4) is 0 Å². The van der Waals surface area contributed by atoms with Crippen molar-refractivity contribution < 1.29 is 4.39 Å². The van der Waals surface area contributed by atoms with E-state index in [0.29, 0.717) is 6.54 Å².